The van der Waals surface area contributed by atoms with Gasteiger partial charge in [-0.15, -0.1) is 11.8 Å². The lowest BCUT2D eigenvalue weighted by atomic mass is 10.4. The van der Waals surface area contributed by atoms with E-state index in [1.807, 2.05) is 11.8 Å². The van der Waals surface area contributed by atoms with Crippen LogP contribution in [0.3, 0.4) is 0 Å². The van der Waals surface area contributed by atoms with Crippen molar-refractivity contribution in [2.45, 2.75) is 17.4 Å². The molecule has 0 saturated carbocycles. The molecule has 1 saturated heterocycles. The van der Waals surface area contributed by atoms with Gasteiger partial charge in [-0.05, 0) is 0 Å². The van der Waals surface area contributed by atoms with Crippen molar-refractivity contribution in [2.24, 2.45) is 5.73 Å². The number of thioether (sulfide) groups is 1. The Morgan fingerprint density at radius 3 is 2.78 bits per heavy atom. The van der Waals surface area contributed by atoms with Crippen molar-refractivity contribution in [3.63, 3.8) is 0 Å². The van der Waals surface area contributed by atoms with Crippen molar-refractivity contribution in [1.29, 1.82) is 0 Å². The van der Waals surface area contributed by atoms with E-state index < -0.39 is 0 Å². The fourth-order valence-corrected chi connectivity index (χ4v) is 1.79. The predicted molar refractivity (Wildman–Crippen MR) is 40.7 cm³/mol. The molecule has 0 aromatic heterocycles. The second-order valence-corrected chi connectivity index (χ2v) is 4.09. The highest BCUT2D eigenvalue weighted by Crippen LogP contribution is 2.22. The molecule has 1 unspecified atom stereocenters. The molecule has 1 rings (SSSR count). The molecule has 1 fully saturated rings. The van der Waals surface area contributed by atoms with Crippen LogP contribution in [-0.4, -0.2) is 30.3 Å². The fourth-order valence-electron chi connectivity index (χ4n) is 0.677. The third-order valence-electron chi connectivity index (χ3n) is 1.36. The van der Waals surface area contributed by atoms with Crippen molar-refractivity contribution in [2.75, 3.05) is 19.8 Å². The Kier molecular flexibility index (Phi) is 2.82. The second-order valence-electron chi connectivity index (χ2n) is 2.34. The van der Waals surface area contributed by atoms with E-state index in [0.717, 1.165) is 25.0 Å². The van der Waals surface area contributed by atoms with E-state index in [1.165, 1.54) is 0 Å². The van der Waals surface area contributed by atoms with Gasteiger partial charge in [0.25, 0.3) is 0 Å². The first kappa shape index (κ1) is 7.38. The summed E-state index contributed by atoms with van der Waals surface area (Å²) in [6.45, 7) is 4.79. The van der Waals surface area contributed by atoms with Crippen LogP contribution in [0, 0.1) is 0 Å². The normalized spacial score (nSPS) is 23.3. The van der Waals surface area contributed by atoms with Crippen LogP contribution in [0.2, 0.25) is 0 Å². The lowest BCUT2D eigenvalue weighted by Crippen LogP contribution is -2.33. The lowest BCUT2D eigenvalue weighted by Gasteiger charge is -2.27. The van der Waals surface area contributed by atoms with Gasteiger partial charge in [-0.2, -0.15) is 0 Å². The maximum atomic E-state index is 5.44. The summed E-state index contributed by atoms with van der Waals surface area (Å²) in [7, 11) is 0. The fraction of sp³-hybridized carbons (Fsp3) is 1.00. The van der Waals surface area contributed by atoms with Crippen molar-refractivity contribution in [3.05, 3.63) is 0 Å². The third kappa shape index (κ3) is 2.16. The summed E-state index contributed by atoms with van der Waals surface area (Å²) in [5.41, 5.74) is 5.44. The molecule has 0 aromatic carbocycles. The maximum absolute atomic E-state index is 5.44. The van der Waals surface area contributed by atoms with E-state index in [1.54, 1.807) is 0 Å². The minimum Gasteiger partial charge on any atom is -0.379 e. The van der Waals surface area contributed by atoms with Crippen LogP contribution in [0.1, 0.15) is 6.92 Å². The summed E-state index contributed by atoms with van der Waals surface area (Å²) < 4.78 is 5.02. The topological polar surface area (TPSA) is 35.2 Å². The van der Waals surface area contributed by atoms with Gasteiger partial charge in [-0.3, -0.25) is 0 Å². The van der Waals surface area contributed by atoms with Crippen LogP contribution in [0.15, 0.2) is 0 Å². The zero-order valence-corrected chi connectivity index (χ0v) is 6.49. The average Bonchev–Trinajstić information content (AvgIpc) is 1.78. The highest BCUT2D eigenvalue weighted by atomic mass is 32.2. The van der Waals surface area contributed by atoms with Crippen molar-refractivity contribution in [3.8, 4) is 0 Å². The predicted octanol–water partition coefficient (Wildman–Crippen LogP) is 0.466. The Hall–Kier alpha value is 0.270. The van der Waals surface area contributed by atoms with Crippen LogP contribution in [0.5, 0.6) is 0 Å². The molecule has 3 heteroatoms. The minimum atomic E-state index is 0.596. The van der Waals surface area contributed by atoms with Crippen molar-refractivity contribution >= 4 is 11.8 Å². The van der Waals surface area contributed by atoms with Gasteiger partial charge in [0.05, 0.1) is 18.5 Å². The Bertz CT molecular complexity index is 82.4. The molecule has 0 radical (unpaired) electrons. The molecule has 2 N–H and O–H groups in total. The molecule has 0 bridgehead atoms. The summed E-state index contributed by atoms with van der Waals surface area (Å²) in [6.07, 6.45) is 0. The van der Waals surface area contributed by atoms with Gasteiger partial charge in [-0.25, -0.2) is 0 Å². The molecule has 54 valence electrons. The Balaban J connectivity index is 2.01. The molecule has 1 aliphatic rings. The summed E-state index contributed by atoms with van der Waals surface area (Å²) >= 11 is 1.94. The molecular formula is C6H13NOS. The molecule has 0 spiro atoms. The number of ether oxygens (including phenoxy) is 1. The number of nitrogens with two attached hydrogens (primary N) is 1. The van der Waals surface area contributed by atoms with Gasteiger partial charge in [0.1, 0.15) is 0 Å². The van der Waals surface area contributed by atoms with E-state index >= 15 is 0 Å². The van der Waals surface area contributed by atoms with Gasteiger partial charge in [0.15, 0.2) is 0 Å². The average molecular weight is 147 g/mol. The van der Waals surface area contributed by atoms with E-state index in [4.69, 9.17) is 10.5 Å². The van der Waals surface area contributed by atoms with E-state index in [2.05, 4.69) is 6.92 Å². The molecule has 2 nitrogen and oxygen atoms in total. The molecule has 0 amide bonds. The molecule has 9 heavy (non-hydrogen) atoms. The van der Waals surface area contributed by atoms with Crippen molar-refractivity contribution < 1.29 is 4.74 Å². The first-order valence-corrected chi connectivity index (χ1v) is 4.20. The molecule has 1 aliphatic heterocycles. The third-order valence-corrected chi connectivity index (χ3v) is 2.68. The number of hydrogen-bond donors (Lipinski definition) is 1. The van der Waals surface area contributed by atoms with Gasteiger partial charge < -0.3 is 10.5 Å². The maximum Gasteiger partial charge on any atom is 0.0608 e. The van der Waals surface area contributed by atoms with Crippen LogP contribution in [0.25, 0.3) is 0 Å². The summed E-state index contributed by atoms with van der Waals surface area (Å²) in [4.78, 5) is 0. The van der Waals surface area contributed by atoms with Gasteiger partial charge in [-0.1, -0.05) is 6.92 Å². The zero-order chi connectivity index (χ0) is 6.69. The van der Waals surface area contributed by atoms with E-state index in [9.17, 15) is 0 Å². The van der Waals surface area contributed by atoms with Crippen LogP contribution < -0.4 is 5.73 Å². The standard InChI is InChI=1S/C6H13NOS/c1-5(2-7)9-6-3-8-4-6/h5-6H,2-4,7H2,1H3. The van der Waals surface area contributed by atoms with Gasteiger partial charge in [0, 0.05) is 11.8 Å². The number of hydrogen-bond acceptors (Lipinski definition) is 3. The largest absolute Gasteiger partial charge is 0.379 e. The SMILES string of the molecule is CC(CN)SC1COC1. The summed E-state index contributed by atoms with van der Waals surface area (Å²) in [5.74, 6) is 0. The van der Waals surface area contributed by atoms with E-state index in [0.29, 0.717) is 5.25 Å². The molecule has 1 heterocycles. The van der Waals surface area contributed by atoms with Crippen molar-refractivity contribution in [1.82, 2.24) is 0 Å². The highest BCUT2D eigenvalue weighted by Gasteiger charge is 2.20. The Labute approximate surface area is 60.1 Å². The molecule has 0 aliphatic carbocycles. The quantitative estimate of drug-likeness (QED) is 0.630. The van der Waals surface area contributed by atoms with Crippen LogP contribution >= 0.6 is 11.8 Å². The molecular weight excluding hydrogens is 134 g/mol. The van der Waals surface area contributed by atoms with Gasteiger partial charge in [0.2, 0.25) is 0 Å². The lowest BCUT2D eigenvalue weighted by molar-refractivity contribution is 0.0453. The highest BCUT2D eigenvalue weighted by molar-refractivity contribution is 8.00. The molecule has 1 atom stereocenters. The van der Waals surface area contributed by atoms with Crippen LogP contribution in [-0.2, 0) is 4.74 Å². The Morgan fingerprint density at radius 2 is 2.44 bits per heavy atom. The monoisotopic (exact) mass is 147 g/mol. The summed E-state index contributed by atoms with van der Waals surface area (Å²) in [6, 6.07) is 0. The second kappa shape index (κ2) is 3.44. The van der Waals surface area contributed by atoms with E-state index in [-0.39, 0.29) is 0 Å². The summed E-state index contributed by atoms with van der Waals surface area (Å²) in [5, 5.41) is 1.32. The minimum absolute atomic E-state index is 0.596. The zero-order valence-electron chi connectivity index (χ0n) is 5.67. The molecule has 0 aromatic rings. The van der Waals surface area contributed by atoms with Gasteiger partial charge >= 0.3 is 0 Å². The first-order valence-electron chi connectivity index (χ1n) is 3.26. The first-order chi connectivity index (χ1) is 4.33. The van der Waals surface area contributed by atoms with Crippen LogP contribution in [0.4, 0.5) is 0 Å². The smallest absolute Gasteiger partial charge is 0.0608 e. The Morgan fingerprint density at radius 1 is 1.78 bits per heavy atom. The number of rotatable bonds is 3.